The third-order valence-corrected chi connectivity index (χ3v) is 4.38. The molecule has 4 nitrogen and oxygen atoms in total. The van der Waals surface area contributed by atoms with Gasteiger partial charge < -0.3 is 5.32 Å². The number of aryl methyl sites for hydroxylation is 3. The van der Waals surface area contributed by atoms with E-state index in [2.05, 4.69) is 37.4 Å². The van der Waals surface area contributed by atoms with Crippen LogP contribution in [0.4, 0.5) is 0 Å². The van der Waals surface area contributed by atoms with Crippen LogP contribution in [0, 0.1) is 13.8 Å². The Bertz CT molecular complexity index is 560. The summed E-state index contributed by atoms with van der Waals surface area (Å²) in [6.07, 6.45) is 2.81. The molecule has 1 N–H and O–H groups in total. The van der Waals surface area contributed by atoms with Crippen LogP contribution in [0.2, 0.25) is 0 Å². The van der Waals surface area contributed by atoms with Gasteiger partial charge in [0, 0.05) is 31.4 Å². The van der Waals surface area contributed by atoms with Gasteiger partial charge in [-0.05, 0) is 48.5 Å². The number of nitrogens with zero attached hydrogens (tertiary/aromatic N) is 3. The van der Waals surface area contributed by atoms with Gasteiger partial charge in [0.25, 0.3) is 0 Å². The van der Waals surface area contributed by atoms with Crippen molar-refractivity contribution >= 4 is 15.9 Å². The van der Waals surface area contributed by atoms with Gasteiger partial charge in [0.1, 0.15) is 0 Å². The van der Waals surface area contributed by atoms with Crippen LogP contribution in [0.1, 0.15) is 28.7 Å². The van der Waals surface area contributed by atoms with Gasteiger partial charge in [-0.25, -0.2) is 0 Å². The molecule has 1 unspecified atom stereocenters. The number of hydrogen-bond donors (Lipinski definition) is 1. The standard InChI is InChI=1S/C14H19BrN4/c1-9-5-6-11(8-17-9)12(16-3)7-13-14(15)10(2)18-19(13)4/h5-6,8,12,16H,7H2,1-4H3. The molecule has 2 aromatic heterocycles. The van der Waals surface area contributed by atoms with Crippen LogP contribution in [-0.2, 0) is 13.5 Å². The van der Waals surface area contributed by atoms with Gasteiger partial charge >= 0.3 is 0 Å². The van der Waals surface area contributed by atoms with Crippen molar-refractivity contribution in [3.8, 4) is 0 Å². The second-order valence-corrected chi connectivity index (χ2v) is 5.54. The smallest absolute Gasteiger partial charge is 0.0738 e. The van der Waals surface area contributed by atoms with Crippen LogP contribution >= 0.6 is 15.9 Å². The molecule has 0 saturated heterocycles. The normalized spacial score (nSPS) is 12.7. The van der Waals surface area contributed by atoms with Crippen molar-refractivity contribution < 1.29 is 0 Å². The molecule has 0 aliphatic heterocycles. The highest BCUT2D eigenvalue weighted by Crippen LogP contribution is 2.25. The van der Waals surface area contributed by atoms with Crippen LogP contribution in [0.15, 0.2) is 22.8 Å². The van der Waals surface area contributed by atoms with E-state index in [0.29, 0.717) is 0 Å². The first-order valence-electron chi connectivity index (χ1n) is 6.30. The Morgan fingerprint density at radius 2 is 2.11 bits per heavy atom. The van der Waals surface area contributed by atoms with Crippen molar-refractivity contribution in [3.63, 3.8) is 0 Å². The molecule has 2 heterocycles. The molecular formula is C14H19BrN4. The molecular weight excluding hydrogens is 304 g/mol. The van der Waals surface area contributed by atoms with Gasteiger partial charge in [-0.2, -0.15) is 5.10 Å². The highest BCUT2D eigenvalue weighted by Gasteiger charge is 2.17. The van der Waals surface area contributed by atoms with Crippen LogP contribution in [0.5, 0.6) is 0 Å². The van der Waals surface area contributed by atoms with Crippen molar-refractivity contribution in [2.75, 3.05) is 7.05 Å². The molecule has 0 radical (unpaired) electrons. The van der Waals surface area contributed by atoms with E-state index in [9.17, 15) is 0 Å². The van der Waals surface area contributed by atoms with E-state index in [1.807, 2.05) is 44.9 Å². The van der Waals surface area contributed by atoms with Gasteiger partial charge in [-0.1, -0.05) is 6.07 Å². The van der Waals surface area contributed by atoms with Crippen molar-refractivity contribution in [1.29, 1.82) is 0 Å². The molecule has 0 bridgehead atoms. The minimum atomic E-state index is 0.235. The number of hydrogen-bond acceptors (Lipinski definition) is 3. The Balaban J connectivity index is 2.26. The Morgan fingerprint density at radius 3 is 2.58 bits per heavy atom. The molecule has 5 heteroatoms. The average molecular weight is 323 g/mol. The lowest BCUT2D eigenvalue weighted by Gasteiger charge is -2.17. The lowest BCUT2D eigenvalue weighted by Crippen LogP contribution is -2.20. The van der Waals surface area contributed by atoms with E-state index in [4.69, 9.17) is 0 Å². The minimum Gasteiger partial charge on any atom is -0.313 e. The zero-order valence-corrected chi connectivity index (χ0v) is 13.3. The van der Waals surface area contributed by atoms with E-state index in [0.717, 1.165) is 22.3 Å². The first kappa shape index (κ1) is 14.2. The predicted octanol–water partition coefficient (Wildman–Crippen LogP) is 2.70. The molecule has 0 aliphatic rings. The van der Waals surface area contributed by atoms with Crippen molar-refractivity contribution in [2.24, 2.45) is 7.05 Å². The number of aromatic nitrogens is 3. The number of pyridine rings is 1. The Kier molecular flexibility index (Phi) is 4.37. The first-order chi connectivity index (χ1) is 9.02. The summed E-state index contributed by atoms with van der Waals surface area (Å²) in [5, 5.41) is 7.78. The van der Waals surface area contributed by atoms with Crippen LogP contribution < -0.4 is 5.32 Å². The van der Waals surface area contributed by atoms with Crippen LogP contribution in [0.3, 0.4) is 0 Å². The molecule has 2 rings (SSSR count). The monoisotopic (exact) mass is 322 g/mol. The maximum Gasteiger partial charge on any atom is 0.0738 e. The maximum atomic E-state index is 4.43. The fraction of sp³-hybridized carbons (Fsp3) is 0.429. The summed E-state index contributed by atoms with van der Waals surface area (Å²) >= 11 is 3.62. The van der Waals surface area contributed by atoms with E-state index >= 15 is 0 Å². The molecule has 0 spiro atoms. The van der Waals surface area contributed by atoms with Crippen molar-refractivity contribution in [2.45, 2.75) is 26.3 Å². The molecule has 0 aromatic carbocycles. The summed E-state index contributed by atoms with van der Waals surface area (Å²) in [5.74, 6) is 0. The molecule has 1 atom stereocenters. The lowest BCUT2D eigenvalue weighted by atomic mass is 10.0. The first-order valence-corrected chi connectivity index (χ1v) is 7.10. The number of nitrogens with one attached hydrogen (secondary N) is 1. The molecule has 102 valence electrons. The highest BCUT2D eigenvalue weighted by atomic mass is 79.9. The highest BCUT2D eigenvalue weighted by molar-refractivity contribution is 9.10. The molecule has 2 aromatic rings. The van der Waals surface area contributed by atoms with E-state index in [1.165, 1.54) is 11.3 Å². The van der Waals surface area contributed by atoms with E-state index < -0.39 is 0 Å². The topological polar surface area (TPSA) is 42.7 Å². The molecule has 0 aliphatic carbocycles. The SMILES string of the molecule is CNC(Cc1c(Br)c(C)nn1C)c1ccc(C)nc1. The van der Waals surface area contributed by atoms with E-state index in [-0.39, 0.29) is 6.04 Å². The number of rotatable bonds is 4. The fourth-order valence-corrected chi connectivity index (χ4v) is 2.66. The second kappa shape index (κ2) is 5.84. The predicted molar refractivity (Wildman–Crippen MR) is 80.1 cm³/mol. The van der Waals surface area contributed by atoms with Crippen molar-refractivity contribution in [1.82, 2.24) is 20.1 Å². The van der Waals surface area contributed by atoms with E-state index in [1.54, 1.807) is 0 Å². The minimum absolute atomic E-state index is 0.235. The average Bonchev–Trinajstić information content (AvgIpc) is 2.63. The van der Waals surface area contributed by atoms with Crippen molar-refractivity contribution in [3.05, 3.63) is 45.4 Å². The van der Waals surface area contributed by atoms with Gasteiger partial charge in [-0.15, -0.1) is 0 Å². The fourth-order valence-electron chi connectivity index (χ4n) is 2.17. The van der Waals surface area contributed by atoms with Crippen LogP contribution in [0.25, 0.3) is 0 Å². The van der Waals surface area contributed by atoms with Gasteiger partial charge in [0.15, 0.2) is 0 Å². The summed E-state index contributed by atoms with van der Waals surface area (Å²) in [5.41, 5.74) is 4.45. The Hall–Kier alpha value is -1.20. The van der Waals surface area contributed by atoms with Gasteiger partial charge in [-0.3, -0.25) is 9.67 Å². The quantitative estimate of drug-likeness (QED) is 0.941. The van der Waals surface area contributed by atoms with Crippen LogP contribution in [-0.4, -0.2) is 21.8 Å². The van der Waals surface area contributed by atoms with Gasteiger partial charge in [0.05, 0.1) is 15.9 Å². The largest absolute Gasteiger partial charge is 0.313 e. The summed E-state index contributed by atoms with van der Waals surface area (Å²) in [7, 11) is 3.95. The number of halogens is 1. The Morgan fingerprint density at radius 1 is 1.37 bits per heavy atom. The third kappa shape index (κ3) is 3.04. The Labute approximate surface area is 122 Å². The van der Waals surface area contributed by atoms with Gasteiger partial charge in [0.2, 0.25) is 0 Å². The maximum absolute atomic E-state index is 4.43. The summed E-state index contributed by atoms with van der Waals surface area (Å²) < 4.78 is 3.03. The third-order valence-electron chi connectivity index (χ3n) is 3.34. The molecule has 0 saturated carbocycles. The summed E-state index contributed by atoms with van der Waals surface area (Å²) in [4.78, 5) is 4.37. The zero-order chi connectivity index (χ0) is 14.0. The molecule has 19 heavy (non-hydrogen) atoms. The number of likely N-dealkylation sites (N-methyl/N-ethyl adjacent to an activating group) is 1. The zero-order valence-electron chi connectivity index (χ0n) is 11.7. The summed E-state index contributed by atoms with van der Waals surface area (Å²) in [6.45, 7) is 4.01. The lowest BCUT2D eigenvalue weighted by molar-refractivity contribution is 0.558. The molecule has 0 amide bonds. The summed E-state index contributed by atoms with van der Waals surface area (Å²) in [6, 6.07) is 4.41. The second-order valence-electron chi connectivity index (χ2n) is 4.75. The molecule has 0 fully saturated rings.